The van der Waals surface area contributed by atoms with Crippen molar-refractivity contribution in [2.45, 2.75) is 44.7 Å². The Kier molecular flexibility index (Phi) is 10.2. The van der Waals surface area contributed by atoms with Crippen LogP contribution in [-0.2, 0) is 27.2 Å². The maximum atomic E-state index is 12.6. The highest BCUT2D eigenvalue weighted by atomic mass is 16.5. The van der Waals surface area contributed by atoms with Crippen LogP contribution in [0.4, 0.5) is 0 Å². The highest BCUT2D eigenvalue weighted by Gasteiger charge is 2.26. The van der Waals surface area contributed by atoms with Crippen LogP contribution in [0.25, 0.3) is 0 Å². The van der Waals surface area contributed by atoms with Crippen LogP contribution < -0.4 is 15.4 Å². The molecule has 172 valence electrons. The zero-order valence-corrected chi connectivity index (χ0v) is 18.1. The predicted octanol–water partition coefficient (Wildman–Crippen LogP) is 2.26. The Hall–Kier alpha value is -3.39. The molecule has 2 rings (SSSR count). The Morgan fingerprint density at radius 2 is 1.62 bits per heavy atom. The highest BCUT2D eigenvalue weighted by Crippen LogP contribution is 2.13. The van der Waals surface area contributed by atoms with Crippen LogP contribution in [0, 0.1) is 0 Å². The molecule has 0 saturated heterocycles. The van der Waals surface area contributed by atoms with E-state index in [1.165, 1.54) is 0 Å². The number of rotatable bonds is 14. The maximum absolute atomic E-state index is 12.6. The first-order valence-corrected chi connectivity index (χ1v) is 10.6. The molecule has 8 nitrogen and oxygen atoms in total. The van der Waals surface area contributed by atoms with E-state index in [9.17, 15) is 19.5 Å². The van der Waals surface area contributed by atoms with E-state index in [1.807, 2.05) is 37.3 Å². The number of hydrogen-bond donors (Lipinski definition) is 4. The summed E-state index contributed by atoms with van der Waals surface area (Å²) in [6.07, 6.45) is 1.10. The van der Waals surface area contributed by atoms with Gasteiger partial charge < -0.3 is 25.6 Å². The summed E-state index contributed by atoms with van der Waals surface area (Å²) < 4.78 is 5.41. The normalized spacial score (nSPS) is 12.5. The van der Waals surface area contributed by atoms with Crippen LogP contribution in [0.5, 0.6) is 5.75 Å². The molecule has 2 atom stereocenters. The fraction of sp³-hybridized carbons (Fsp3) is 0.375. The van der Waals surface area contributed by atoms with Crippen LogP contribution in [-0.4, -0.2) is 53.3 Å². The molecule has 0 bridgehead atoms. The van der Waals surface area contributed by atoms with Crippen LogP contribution in [0.15, 0.2) is 54.6 Å². The fourth-order valence-electron chi connectivity index (χ4n) is 3.24. The Bertz CT molecular complexity index is 870. The van der Waals surface area contributed by atoms with Crippen molar-refractivity contribution < 1.29 is 29.3 Å². The van der Waals surface area contributed by atoms with Gasteiger partial charge in [-0.05, 0) is 49.6 Å². The quantitative estimate of drug-likeness (QED) is 0.331. The second-order valence-corrected chi connectivity index (χ2v) is 7.37. The Labute approximate surface area is 187 Å². The van der Waals surface area contributed by atoms with Crippen molar-refractivity contribution in [3.8, 4) is 5.75 Å². The van der Waals surface area contributed by atoms with Crippen molar-refractivity contribution in [1.82, 2.24) is 10.6 Å². The van der Waals surface area contributed by atoms with Gasteiger partial charge in [-0.1, -0.05) is 42.5 Å². The third-order valence-corrected chi connectivity index (χ3v) is 4.86. The van der Waals surface area contributed by atoms with Crippen LogP contribution >= 0.6 is 0 Å². The monoisotopic (exact) mass is 442 g/mol. The van der Waals surface area contributed by atoms with Crippen LogP contribution in [0.1, 0.15) is 30.9 Å². The van der Waals surface area contributed by atoms with E-state index in [0.717, 1.165) is 23.3 Å². The lowest BCUT2D eigenvalue weighted by Gasteiger charge is -2.20. The summed E-state index contributed by atoms with van der Waals surface area (Å²) in [6, 6.07) is 14.5. The number of ether oxygens (including phenoxy) is 1. The van der Waals surface area contributed by atoms with Crippen LogP contribution in [0.2, 0.25) is 0 Å². The first-order valence-electron chi connectivity index (χ1n) is 10.6. The van der Waals surface area contributed by atoms with E-state index in [1.54, 1.807) is 24.3 Å². The van der Waals surface area contributed by atoms with Gasteiger partial charge in [-0.2, -0.15) is 0 Å². The number of carbonyl (C=O) groups excluding carboxylic acids is 1. The summed E-state index contributed by atoms with van der Waals surface area (Å²) in [5.74, 6) is -2.15. The number of carboxylic acid groups (broad SMARTS) is 2. The van der Waals surface area contributed by atoms with E-state index in [4.69, 9.17) is 9.84 Å². The Morgan fingerprint density at radius 1 is 0.938 bits per heavy atom. The third-order valence-electron chi connectivity index (χ3n) is 4.86. The zero-order valence-electron chi connectivity index (χ0n) is 18.1. The number of carboxylic acids is 2. The minimum Gasteiger partial charge on any atom is -0.494 e. The molecule has 0 aliphatic carbocycles. The molecule has 0 unspecified atom stereocenters. The Morgan fingerprint density at radius 3 is 2.22 bits per heavy atom. The molecule has 0 aliphatic heterocycles. The Balaban J connectivity index is 1.89. The summed E-state index contributed by atoms with van der Waals surface area (Å²) >= 11 is 0. The minimum absolute atomic E-state index is 0.111. The van der Waals surface area contributed by atoms with Crippen molar-refractivity contribution in [2.75, 3.05) is 13.2 Å². The standard InChI is InChI=1S/C24H30N2O6/c1-2-32-19-12-10-17(11-13-19)9-6-14-25-20(16-22(27)28)23(29)26-21(24(30)31)15-18-7-4-3-5-8-18/h3-5,7-8,10-13,20-21,25H,2,6,9,14-16H2,1H3,(H,26,29)(H,27,28)(H,30,31)/t20-,21-/m0/s1. The van der Waals surface area contributed by atoms with Gasteiger partial charge in [-0.3, -0.25) is 9.59 Å². The third kappa shape index (κ3) is 8.77. The van der Waals surface area contributed by atoms with Gasteiger partial charge in [0.1, 0.15) is 11.8 Å². The van der Waals surface area contributed by atoms with Crippen molar-refractivity contribution in [2.24, 2.45) is 0 Å². The number of amides is 1. The lowest BCUT2D eigenvalue weighted by molar-refractivity contribution is -0.143. The van der Waals surface area contributed by atoms with E-state index in [2.05, 4.69) is 10.6 Å². The molecule has 0 aromatic heterocycles. The SMILES string of the molecule is CCOc1ccc(CCCN[C@@H](CC(=O)O)C(=O)N[C@@H](Cc2ccccc2)C(=O)O)cc1. The largest absolute Gasteiger partial charge is 0.494 e. The molecular weight excluding hydrogens is 412 g/mol. The van der Waals surface area contributed by atoms with Gasteiger partial charge in [0.25, 0.3) is 0 Å². The van der Waals surface area contributed by atoms with E-state index < -0.39 is 36.4 Å². The van der Waals surface area contributed by atoms with Gasteiger partial charge in [0.05, 0.1) is 19.1 Å². The maximum Gasteiger partial charge on any atom is 0.326 e. The number of nitrogens with one attached hydrogen (secondary N) is 2. The summed E-state index contributed by atoms with van der Waals surface area (Å²) in [5.41, 5.74) is 1.86. The average molecular weight is 443 g/mol. The summed E-state index contributed by atoms with van der Waals surface area (Å²) in [6.45, 7) is 2.93. The zero-order chi connectivity index (χ0) is 23.3. The molecule has 8 heteroatoms. The second-order valence-electron chi connectivity index (χ2n) is 7.37. The minimum atomic E-state index is -1.17. The van der Waals surface area contributed by atoms with Crippen LogP contribution in [0.3, 0.4) is 0 Å². The van der Waals surface area contributed by atoms with Gasteiger partial charge in [0.15, 0.2) is 0 Å². The summed E-state index contributed by atoms with van der Waals surface area (Å²) in [7, 11) is 0. The van der Waals surface area contributed by atoms with Gasteiger partial charge in [-0.25, -0.2) is 4.79 Å². The lowest BCUT2D eigenvalue weighted by atomic mass is 10.0. The molecule has 1 amide bonds. The topological polar surface area (TPSA) is 125 Å². The summed E-state index contributed by atoms with van der Waals surface area (Å²) in [5, 5.41) is 24.1. The molecule has 0 spiro atoms. The van der Waals surface area contributed by atoms with Gasteiger partial charge in [0.2, 0.25) is 5.91 Å². The molecule has 0 fully saturated rings. The van der Waals surface area contributed by atoms with E-state index in [0.29, 0.717) is 19.6 Å². The van der Waals surface area contributed by atoms with Crippen molar-refractivity contribution in [3.05, 3.63) is 65.7 Å². The average Bonchev–Trinajstić information content (AvgIpc) is 2.77. The number of aryl methyl sites for hydroxylation is 1. The molecular formula is C24H30N2O6. The fourth-order valence-corrected chi connectivity index (χ4v) is 3.24. The molecule has 32 heavy (non-hydrogen) atoms. The number of carbonyl (C=O) groups is 3. The molecule has 0 heterocycles. The van der Waals surface area contributed by atoms with Gasteiger partial charge >= 0.3 is 11.9 Å². The van der Waals surface area contributed by atoms with Crippen molar-refractivity contribution in [3.63, 3.8) is 0 Å². The van der Waals surface area contributed by atoms with E-state index >= 15 is 0 Å². The van der Waals surface area contributed by atoms with E-state index in [-0.39, 0.29) is 6.42 Å². The molecule has 4 N–H and O–H groups in total. The number of benzene rings is 2. The number of hydrogen-bond acceptors (Lipinski definition) is 5. The molecule has 2 aromatic carbocycles. The van der Waals surface area contributed by atoms with Crippen molar-refractivity contribution in [1.29, 1.82) is 0 Å². The van der Waals surface area contributed by atoms with Gasteiger partial charge in [0, 0.05) is 6.42 Å². The van der Waals surface area contributed by atoms with Gasteiger partial charge in [-0.15, -0.1) is 0 Å². The second kappa shape index (κ2) is 13.1. The lowest BCUT2D eigenvalue weighted by Crippen LogP contribution is -2.51. The highest BCUT2D eigenvalue weighted by molar-refractivity contribution is 5.89. The predicted molar refractivity (Wildman–Crippen MR) is 120 cm³/mol. The molecule has 2 aromatic rings. The molecule has 0 radical (unpaired) electrons. The smallest absolute Gasteiger partial charge is 0.326 e. The first kappa shape index (κ1) is 24.9. The molecule has 0 saturated carbocycles. The molecule has 0 aliphatic rings. The van der Waals surface area contributed by atoms with Crippen molar-refractivity contribution >= 4 is 17.8 Å². The summed E-state index contributed by atoms with van der Waals surface area (Å²) in [4.78, 5) is 35.5. The number of aliphatic carboxylic acids is 2. The first-order chi connectivity index (χ1) is 15.4.